The fourth-order valence-corrected chi connectivity index (χ4v) is 6.26. The molecule has 1 aromatic heterocycles. The number of urea groups is 1. The normalized spacial score (nSPS) is 21.4. The molecule has 0 bridgehead atoms. The number of halogens is 2. The van der Waals surface area contributed by atoms with Gasteiger partial charge in [0.25, 0.3) is 0 Å². The van der Waals surface area contributed by atoms with Crippen molar-refractivity contribution in [3.8, 4) is 5.75 Å². The number of likely N-dealkylation sites (tertiary alicyclic amines) is 1. The average Bonchev–Trinajstić information content (AvgIpc) is 3.47. The zero-order chi connectivity index (χ0) is 31.1. The number of Topliss-reactive ketones (excluding diaryl/α,β-unsaturated/α-hetero) is 1. The molecule has 2 heterocycles. The molecule has 4 atom stereocenters. The number of amides is 2. The summed E-state index contributed by atoms with van der Waals surface area (Å²) in [5.74, 6) is -2.81. The quantitative estimate of drug-likeness (QED) is 0.213. The number of rotatable bonds is 7. The Morgan fingerprint density at radius 3 is 2.12 bits per heavy atom. The lowest BCUT2D eigenvalue weighted by Crippen LogP contribution is -2.55. The third kappa shape index (κ3) is 5.36. The van der Waals surface area contributed by atoms with E-state index < -0.39 is 41.2 Å². The number of carboxylic acids is 1. The van der Waals surface area contributed by atoms with E-state index in [4.69, 9.17) is 20.8 Å². The third-order valence-electron chi connectivity index (χ3n) is 8.13. The van der Waals surface area contributed by atoms with Crippen LogP contribution in [0.2, 0.25) is 5.02 Å². The summed E-state index contributed by atoms with van der Waals surface area (Å²) in [5.41, 5.74) is -0.341. The van der Waals surface area contributed by atoms with Crippen LogP contribution in [0.1, 0.15) is 51.9 Å². The Morgan fingerprint density at radius 1 is 0.977 bits per heavy atom. The van der Waals surface area contributed by atoms with Gasteiger partial charge in [-0.3, -0.25) is 9.69 Å². The highest BCUT2D eigenvalue weighted by atomic mass is 35.5. The molecule has 4 unspecified atom stereocenters. The molecule has 8 nitrogen and oxygen atoms in total. The number of nitrogens with zero attached hydrogens (tertiary/aromatic N) is 1. The number of benzene rings is 3. The molecule has 43 heavy (non-hydrogen) atoms. The lowest BCUT2D eigenvalue weighted by molar-refractivity contribution is -0.148. The van der Waals surface area contributed by atoms with Crippen LogP contribution in [0.5, 0.6) is 5.75 Å². The smallest absolute Gasteiger partial charge is 0.330 e. The zero-order valence-electron chi connectivity index (χ0n) is 23.9. The van der Waals surface area contributed by atoms with Gasteiger partial charge in [0.2, 0.25) is 0 Å². The number of ether oxygens (including phenoxy) is 1. The van der Waals surface area contributed by atoms with Gasteiger partial charge in [-0.2, -0.15) is 0 Å². The van der Waals surface area contributed by atoms with Crippen molar-refractivity contribution in [3.05, 3.63) is 118 Å². The number of hydrogen-bond acceptors (Lipinski definition) is 5. The van der Waals surface area contributed by atoms with E-state index in [-0.39, 0.29) is 11.5 Å². The SMILES string of the molecule is COc1ccc(C2C(C(=O)c3cc(C)oc3C)C(c3ccc(Cl)cc3)N(C(=O)Nc3ccc(F)cc3)C2(C)C(=O)O)cc1. The number of carbonyl (C=O) groups excluding carboxylic acids is 2. The van der Waals surface area contributed by atoms with Gasteiger partial charge in [0.1, 0.15) is 28.6 Å². The van der Waals surface area contributed by atoms with Crippen LogP contribution >= 0.6 is 11.6 Å². The zero-order valence-corrected chi connectivity index (χ0v) is 24.7. The van der Waals surface area contributed by atoms with Crippen molar-refractivity contribution in [2.45, 2.75) is 38.3 Å². The van der Waals surface area contributed by atoms with Gasteiger partial charge in [-0.15, -0.1) is 0 Å². The number of anilines is 1. The minimum atomic E-state index is -1.93. The molecule has 5 rings (SSSR count). The average molecular weight is 605 g/mol. The first-order valence-electron chi connectivity index (χ1n) is 13.6. The molecular formula is C33H30ClFN2O6. The van der Waals surface area contributed by atoms with Crippen molar-refractivity contribution in [2.24, 2.45) is 5.92 Å². The van der Waals surface area contributed by atoms with Crippen molar-refractivity contribution in [2.75, 3.05) is 12.4 Å². The number of furan rings is 1. The standard InChI is InChI=1S/C33H30ClFN2O6/c1-18-17-26(19(2)43-18)30(38)27-28(20-7-15-25(42-4)16-8-20)33(3,31(39)40)37(29(27)21-5-9-22(34)10-6-21)32(41)36-24-13-11-23(35)12-14-24/h5-17,27-29H,1-4H3,(H,36,41)(H,39,40). The van der Waals surface area contributed by atoms with Crippen molar-refractivity contribution >= 4 is 35.1 Å². The molecule has 1 saturated heterocycles. The van der Waals surface area contributed by atoms with Crippen LogP contribution in [0, 0.1) is 25.6 Å². The van der Waals surface area contributed by atoms with Gasteiger partial charge in [0.15, 0.2) is 5.78 Å². The highest BCUT2D eigenvalue weighted by Gasteiger charge is 2.65. The second-order valence-corrected chi connectivity index (χ2v) is 11.2. The van der Waals surface area contributed by atoms with E-state index in [0.29, 0.717) is 39.0 Å². The first kappa shape index (κ1) is 29.8. The largest absolute Gasteiger partial charge is 0.497 e. The van der Waals surface area contributed by atoms with Gasteiger partial charge in [-0.25, -0.2) is 14.0 Å². The number of ketones is 1. The summed E-state index contributed by atoms with van der Waals surface area (Å²) in [6.07, 6.45) is 0. The number of carboxylic acid groups (broad SMARTS) is 1. The predicted octanol–water partition coefficient (Wildman–Crippen LogP) is 7.41. The summed E-state index contributed by atoms with van der Waals surface area (Å²) in [6, 6.07) is 18.3. The van der Waals surface area contributed by atoms with Crippen LogP contribution < -0.4 is 10.1 Å². The van der Waals surface area contributed by atoms with Crippen LogP contribution in [-0.4, -0.2) is 40.4 Å². The monoisotopic (exact) mass is 604 g/mol. The van der Waals surface area contributed by atoms with Crippen molar-refractivity contribution in [3.63, 3.8) is 0 Å². The fourth-order valence-electron chi connectivity index (χ4n) is 6.13. The maximum atomic E-state index is 14.6. The lowest BCUT2D eigenvalue weighted by Gasteiger charge is -2.37. The van der Waals surface area contributed by atoms with Gasteiger partial charge < -0.3 is 19.6 Å². The van der Waals surface area contributed by atoms with E-state index in [0.717, 1.165) is 0 Å². The summed E-state index contributed by atoms with van der Waals surface area (Å²) in [6.45, 7) is 4.84. The minimum Gasteiger partial charge on any atom is -0.497 e. The van der Waals surface area contributed by atoms with E-state index in [1.165, 1.54) is 43.2 Å². The molecule has 0 aliphatic carbocycles. The first-order chi connectivity index (χ1) is 20.4. The maximum absolute atomic E-state index is 14.6. The van der Waals surface area contributed by atoms with Gasteiger partial charge >= 0.3 is 12.0 Å². The molecular weight excluding hydrogens is 575 g/mol. The van der Waals surface area contributed by atoms with Gasteiger partial charge in [-0.1, -0.05) is 35.9 Å². The number of aryl methyl sites for hydroxylation is 2. The molecule has 1 fully saturated rings. The summed E-state index contributed by atoms with van der Waals surface area (Å²) in [5, 5.41) is 14.1. The van der Waals surface area contributed by atoms with E-state index in [9.17, 15) is 23.9 Å². The Bertz CT molecular complexity index is 1670. The first-order valence-corrected chi connectivity index (χ1v) is 13.9. The van der Waals surface area contributed by atoms with Crippen LogP contribution in [-0.2, 0) is 4.79 Å². The van der Waals surface area contributed by atoms with Crippen LogP contribution in [0.4, 0.5) is 14.9 Å². The predicted molar refractivity (Wildman–Crippen MR) is 159 cm³/mol. The molecule has 1 aliphatic heterocycles. The van der Waals surface area contributed by atoms with Gasteiger partial charge in [0, 0.05) is 16.6 Å². The Kier molecular flexibility index (Phi) is 8.03. The Hall–Kier alpha value is -4.63. The van der Waals surface area contributed by atoms with Crippen LogP contribution in [0.15, 0.2) is 83.3 Å². The second-order valence-electron chi connectivity index (χ2n) is 10.7. The minimum absolute atomic E-state index is 0.256. The van der Waals surface area contributed by atoms with Crippen LogP contribution in [0.3, 0.4) is 0 Å². The van der Waals surface area contributed by atoms with Gasteiger partial charge in [-0.05, 0) is 86.5 Å². The Morgan fingerprint density at radius 2 is 1.58 bits per heavy atom. The summed E-state index contributed by atoms with van der Waals surface area (Å²) in [7, 11) is 1.51. The van der Waals surface area contributed by atoms with E-state index in [2.05, 4.69) is 5.32 Å². The highest BCUT2D eigenvalue weighted by Crippen LogP contribution is 2.57. The van der Waals surface area contributed by atoms with Crippen LogP contribution in [0.25, 0.3) is 0 Å². The Balaban J connectivity index is 1.77. The highest BCUT2D eigenvalue weighted by molar-refractivity contribution is 6.30. The fraction of sp³-hybridized carbons (Fsp3) is 0.242. The summed E-state index contributed by atoms with van der Waals surface area (Å²) < 4.78 is 24.6. The van der Waals surface area contributed by atoms with E-state index in [1.807, 2.05) is 0 Å². The molecule has 4 aromatic rings. The van der Waals surface area contributed by atoms with Gasteiger partial charge in [0.05, 0.1) is 24.6 Å². The molecule has 0 saturated carbocycles. The molecule has 2 amide bonds. The van der Waals surface area contributed by atoms with E-state index in [1.54, 1.807) is 68.4 Å². The molecule has 10 heteroatoms. The van der Waals surface area contributed by atoms with E-state index >= 15 is 0 Å². The van der Waals surface area contributed by atoms with Crippen molar-refractivity contribution in [1.82, 2.24) is 4.90 Å². The number of hydrogen-bond donors (Lipinski definition) is 2. The summed E-state index contributed by atoms with van der Waals surface area (Å²) in [4.78, 5) is 43.4. The summed E-state index contributed by atoms with van der Waals surface area (Å²) >= 11 is 6.21. The molecule has 0 spiro atoms. The molecule has 2 N–H and O–H groups in total. The lowest BCUT2D eigenvalue weighted by atomic mass is 9.71. The number of methoxy groups -OCH3 is 1. The molecule has 1 aliphatic rings. The van der Waals surface area contributed by atoms with Crippen molar-refractivity contribution < 1.29 is 33.0 Å². The Labute approximate surface area is 253 Å². The third-order valence-corrected chi connectivity index (χ3v) is 8.38. The number of aliphatic carboxylic acids is 1. The maximum Gasteiger partial charge on any atom is 0.330 e. The molecule has 0 radical (unpaired) electrons. The molecule has 3 aromatic carbocycles. The van der Waals surface area contributed by atoms with Crippen molar-refractivity contribution in [1.29, 1.82) is 0 Å². The number of nitrogens with one attached hydrogen (secondary N) is 1. The second kappa shape index (κ2) is 11.6. The number of carbonyl (C=O) groups is 3. The molecule has 222 valence electrons. The topological polar surface area (TPSA) is 109 Å².